The summed E-state index contributed by atoms with van der Waals surface area (Å²) in [6.07, 6.45) is 4.30. The molecule has 1 aromatic rings. The number of hydrogen-bond donors (Lipinski definition) is 0. The Labute approximate surface area is 111 Å². The third kappa shape index (κ3) is 2.97. The molecule has 0 aromatic carbocycles. The van der Waals surface area contributed by atoms with Crippen LogP contribution in [0.1, 0.15) is 10.4 Å². The molecule has 92 valence electrons. The van der Waals surface area contributed by atoms with Gasteiger partial charge in [0.1, 0.15) is 17.2 Å². The SMILES string of the molecule is CSc1ncc([C@H](Br)C=O)c(OC2COC2)n1. The second-order valence-electron chi connectivity index (χ2n) is 3.43. The van der Waals surface area contributed by atoms with Crippen LogP contribution in [0.15, 0.2) is 11.4 Å². The topological polar surface area (TPSA) is 61.3 Å². The molecule has 1 saturated heterocycles. The van der Waals surface area contributed by atoms with Gasteiger partial charge < -0.3 is 14.3 Å². The molecular formula is C10H11BrN2O3S. The van der Waals surface area contributed by atoms with E-state index in [9.17, 15) is 4.79 Å². The lowest BCUT2D eigenvalue weighted by atomic mass is 10.2. The zero-order valence-corrected chi connectivity index (χ0v) is 11.5. The van der Waals surface area contributed by atoms with Gasteiger partial charge >= 0.3 is 0 Å². The molecular weight excluding hydrogens is 308 g/mol. The summed E-state index contributed by atoms with van der Waals surface area (Å²) in [5.41, 5.74) is 0.643. The highest BCUT2D eigenvalue weighted by Gasteiger charge is 2.24. The molecule has 1 aliphatic heterocycles. The van der Waals surface area contributed by atoms with Crippen molar-refractivity contribution in [1.29, 1.82) is 0 Å². The van der Waals surface area contributed by atoms with Gasteiger partial charge in [0.05, 0.1) is 18.8 Å². The van der Waals surface area contributed by atoms with Crippen molar-refractivity contribution in [3.63, 3.8) is 0 Å². The van der Waals surface area contributed by atoms with Crippen molar-refractivity contribution >= 4 is 34.0 Å². The molecule has 2 rings (SSSR count). The van der Waals surface area contributed by atoms with E-state index in [1.54, 1.807) is 6.20 Å². The Morgan fingerprint density at radius 2 is 2.47 bits per heavy atom. The summed E-state index contributed by atoms with van der Waals surface area (Å²) < 4.78 is 10.7. The van der Waals surface area contributed by atoms with Crippen molar-refractivity contribution in [2.75, 3.05) is 19.5 Å². The number of nitrogens with zero attached hydrogens (tertiary/aromatic N) is 2. The van der Waals surface area contributed by atoms with Crippen LogP contribution in [-0.2, 0) is 9.53 Å². The van der Waals surface area contributed by atoms with Gasteiger partial charge in [0, 0.05) is 6.20 Å². The van der Waals surface area contributed by atoms with Gasteiger partial charge in [-0.15, -0.1) is 0 Å². The third-order valence-electron chi connectivity index (χ3n) is 2.24. The molecule has 1 fully saturated rings. The maximum Gasteiger partial charge on any atom is 0.222 e. The highest BCUT2D eigenvalue weighted by atomic mass is 79.9. The van der Waals surface area contributed by atoms with Crippen molar-refractivity contribution in [3.05, 3.63) is 11.8 Å². The molecule has 1 aromatic heterocycles. The van der Waals surface area contributed by atoms with Crippen molar-refractivity contribution in [1.82, 2.24) is 9.97 Å². The van der Waals surface area contributed by atoms with E-state index in [1.807, 2.05) is 6.26 Å². The van der Waals surface area contributed by atoms with Crippen LogP contribution < -0.4 is 4.74 Å². The van der Waals surface area contributed by atoms with E-state index >= 15 is 0 Å². The first kappa shape index (κ1) is 12.8. The van der Waals surface area contributed by atoms with Crippen LogP contribution in [0.25, 0.3) is 0 Å². The van der Waals surface area contributed by atoms with E-state index in [2.05, 4.69) is 25.9 Å². The van der Waals surface area contributed by atoms with Crippen LogP contribution in [-0.4, -0.2) is 41.8 Å². The number of rotatable bonds is 5. The maximum atomic E-state index is 10.8. The molecule has 2 heterocycles. The molecule has 17 heavy (non-hydrogen) atoms. The normalized spacial score (nSPS) is 17.3. The first-order valence-corrected chi connectivity index (χ1v) is 7.13. The van der Waals surface area contributed by atoms with E-state index in [0.29, 0.717) is 29.8 Å². The highest BCUT2D eigenvalue weighted by molar-refractivity contribution is 9.09. The number of hydrogen-bond acceptors (Lipinski definition) is 6. The predicted octanol–water partition coefficient (Wildman–Crippen LogP) is 1.61. The van der Waals surface area contributed by atoms with Crippen molar-refractivity contribution < 1.29 is 14.3 Å². The van der Waals surface area contributed by atoms with Gasteiger partial charge in [0.25, 0.3) is 0 Å². The Balaban J connectivity index is 2.25. The van der Waals surface area contributed by atoms with Gasteiger partial charge in [-0.25, -0.2) is 4.98 Å². The van der Waals surface area contributed by atoms with Crippen LogP contribution in [0.2, 0.25) is 0 Å². The van der Waals surface area contributed by atoms with Crippen molar-refractivity contribution in [2.24, 2.45) is 0 Å². The first-order chi connectivity index (χ1) is 8.24. The second kappa shape index (κ2) is 5.79. The Morgan fingerprint density at radius 1 is 1.71 bits per heavy atom. The van der Waals surface area contributed by atoms with Gasteiger partial charge in [0.15, 0.2) is 5.16 Å². The molecule has 5 nitrogen and oxygen atoms in total. The van der Waals surface area contributed by atoms with E-state index in [1.165, 1.54) is 11.8 Å². The van der Waals surface area contributed by atoms with Gasteiger partial charge in [-0.1, -0.05) is 27.7 Å². The number of alkyl halides is 1. The number of aromatic nitrogens is 2. The summed E-state index contributed by atoms with van der Waals surface area (Å²) in [7, 11) is 0. The summed E-state index contributed by atoms with van der Waals surface area (Å²) in [5, 5.41) is 0.620. The molecule has 0 aliphatic carbocycles. The molecule has 0 saturated carbocycles. The molecule has 0 N–H and O–H groups in total. The number of halogens is 1. The summed E-state index contributed by atoms with van der Waals surface area (Å²) >= 11 is 4.67. The average Bonchev–Trinajstić information content (AvgIpc) is 2.32. The Morgan fingerprint density at radius 3 is 3.00 bits per heavy atom. The van der Waals surface area contributed by atoms with Crippen LogP contribution in [0.3, 0.4) is 0 Å². The Kier molecular flexibility index (Phi) is 4.36. The third-order valence-corrected chi connectivity index (χ3v) is 3.51. The predicted molar refractivity (Wildman–Crippen MR) is 66.8 cm³/mol. The van der Waals surface area contributed by atoms with Crippen LogP contribution in [0, 0.1) is 0 Å². The molecule has 0 unspecified atom stereocenters. The molecule has 0 radical (unpaired) electrons. The van der Waals surface area contributed by atoms with Crippen LogP contribution in [0.4, 0.5) is 0 Å². The molecule has 0 bridgehead atoms. The number of thioether (sulfide) groups is 1. The average molecular weight is 319 g/mol. The Hall–Kier alpha value is -0.660. The zero-order valence-electron chi connectivity index (χ0n) is 9.13. The van der Waals surface area contributed by atoms with Gasteiger partial charge in [-0.05, 0) is 6.26 Å². The van der Waals surface area contributed by atoms with Crippen LogP contribution >= 0.6 is 27.7 Å². The summed E-state index contributed by atoms with van der Waals surface area (Å²) in [5.74, 6) is 0.451. The smallest absolute Gasteiger partial charge is 0.222 e. The highest BCUT2D eigenvalue weighted by Crippen LogP contribution is 2.30. The molecule has 1 aliphatic rings. The molecule has 0 amide bonds. The molecule has 1 atom stereocenters. The fourth-order valence-corrected chi connectivity index (χ4v) is 1.90. The van der Waals surface area contributed by atoms with E-state index in [4.69, 9.17) is 9.47 Å². The maximum absolute atomic E-state index is 10.8. The summed E-state index contributed by atoms with van der Waals surface area (Å²) in [6, 6.07) is 0. The van der Waals surface area contributed by atoms with Gasteiger partial charge in [0.2, 0.25) is 5.88 Å². The first-order valence-electron chi connectivity index (χ1n) is 4.99. The zero-order chi connectivity index (χ0) is 12.3. The quantitative estimate of drug-likeness (QED) is 0.356. The lowest BCUT2D eigenvalue weighted by molar-refractivity contribution is -0.107. The van der Waals surface area contributed by atoms with Crippen molar-refractivity contribution in [2.45, 2.75) is 16.1 Å². The number of aldehydes is 1. The standard InChI is InChI=1S/C10H11BrN2O3S/c1-17-10-12-2-7(8(11)3-14)9(13-10)16-6-4-15-5-6/h2-3,6,8H,4-5H2,1H3/t8-/m1/s1. The van der Waals surface area contributed by atoms with E-state index in [0.717, 1.165) is 6.29 Å². The van der Waals surface area contributed by atoms with Crippen LogP contribution in [0.5, 0.6) is 5.88 Å². The lowest BCUT2D eigenvalue weighted by Gasteiger charge is -2.27. The number of carbonyl (C=O) groups excluding carboxylic acids is 1. The second-order valence-corrected chi connectivity index (χ2v) is 5.19. The summed E-state index contributed by atoms with van der Waals surface area (Å²) in [4.78, 5) is 18.7. The number of ether oxygens (including phenoxy) is 2. The van der Waals surface area contributed by atoms with Crippen molar-refractivity contribution in [3.8, 4) is 5.88 Å². The summed E-state index contributed by atoms with van der Waals surface area (Å²) in [6.45, 7) is 1.12. The monoisotopic (exact) mass is 318 g/mol. The van der Waals surface area contributed by atoms with E-state index in [-0.39, 0.29) is 6.10 Å². The minimum atomic E-state index is -0.450. The fraction of sp³-hybridized carbons (Fsp3) is 0.500. The Bertz CT molecular complexity index is 415. The van der Waals surface area contributed by atoms with Gasteiger partial charge in [-0.2, -0.15) is 4.98 Å². The largest absolute Gasteiger partial charge is 0.469 e. The minimum Gasteiger partial charge on any atom is -0.469 e. The molecule has 0 spiro atoms. The van der Waals surface area contributed by atoms with Gasteiger partial charge in [-0.3, -0.25) is 0 Å². The minimum absolute atomic E-state index is 0.0182. The fourth-order valence-electron chi connectivity index (χ4n) is 1.26. The molecule has 7 heteroatoms. The lowest BCUT2D eigenvalue weighted by Crippen LogP contribution is -2.39. The number of carbonyl (C=O) groups is 1. The van der Waals surface area contributed by atoms with E-state index < -0.39 is 4.83 Å².